The predicted octanol–water partition coefficient (Wildman–Crippen LogP) is 1.63. The maximum atomic E-state index is 13.2. The van der Waals surface area contributed by atoms with Gasteiger partial charge in [0.1, 0.15) is 11.3 Å². The molecule has 0 bridgehead atoms. The molecule has 0 spiro atoms. The van der Waals surface area contributed by atoms with Gasteiger partial charge in [-0.05, 0) is 50.6 Å². The van der Waals surface area contributed by atoms with Gasteiger partial charge in [0.15, 0.2) is 0 Å². The third-order valence-corrected chi connectivity index (χ3v) is 6.29. The first-order valence-corrected chi connectivity index (χ1v) is 9.88. The molecule has 25 heavy (non-hydrogen) atoms. The van der Waals surface area contributed by atoms with Gasteiger partial charge < -0.3 is 14.8 Å². The smallest absolute Gasteiger partial charge is 0.341 e. The van der Waals surface area contributed by atoms with Crippen LogP contribution in [0.25, 0.3) is 0 Å². The van der Waals surface area contributed by atoms with Gasteiger partial charge in [-0.1, -0.05) is 6.92 Å². The first-order chi connectivity index (χ1) is 12.0. The van der Waals surface area contributed by atoms with Crippen LogP contribution in [0.2, 0.25) is 0 Å². The normalized spacial score (nSPS) is 16.0. The summed E-state index contributed by atoms with van der Waals surface area (Å²) in [5.74, 6) is -0.340. The van der Waals surface area contributed by atoms with Crippen molar-refractivity contribution in [1.29, 1.82) is 0 Å². The first-order valence-electron chi connectivity index (χ1n) is 8.44. The molecule has 1 N–H and O–H groups in total. The summed E-state index contributed by atoms with van der Waals surface area (Å²) in [5, 5.41) is 3.25. The molecule has 0 aromatic heterocycles. The van der Waals surface area contributed by atoms with Gasteiger partial charge in [-0.25, -0.2) is 13.2 Å². The highest BCUT2D eigenvalue weighted by Gasteiger charge is 2.32. The van der Waals surface area contributed by atoms with E-state index >= 15 is 0 Å². The Hall–Kier alpha value is -1.64. The quantitative estimate of drug-likeness (QED) is 0.735. The van der Waals surface area contributed by atoms with Crippen LogP contribution in [0, 0.1) is 0 Å². The number of hydrogen-bond donors (Lipinski definition) is 1. The van der Waals surface area contributed by atoms with Crippen molar-refractivity contribution in [1.82, 2.24) is 9.62 Å². The van der Waals surface area contributed by atoms with Crippen molar-refractivity contribution >= 4 is 16.0 Å². The van der Waals surface area contributed by atoms with Gasteiger partial charge in [-0.2, -0.15) is 4.31 Å². The summed E-state index contributed by atoms with van der Waals surface area (Å²) >= 11 is 0. The highest BCUT2D eigenvalue weighted by atomic mass is 32.2. The SMILES string of the molecule is CCCN(C1CCNCC1)S(=O)(=O)c1ccc(OC)c(C(=O)OC)c1. The van der Waals surface area contributed by atoms with Crippen LogP contribution in [0.1, 0.15) is 36.5 Å². The van der Waals surface area contributed by atoms with Crippen molar-refractivity contribution in [3.63, 3.8) is 0 Å². The fourth-order valence-corrected chi connectivity index (χ4v) is 4.87. The molecule has 0 aliphatic carbocycles. The molecule has 1 aromatic rings. The number of piperidine rings is 1. The highest BCUT2D eigenvalue weighted by Crippen LogP contribution is 2.28. The van der Waals surface area contributed by atoms with E-state index in [2.05, 4.69) is 5.32 Å². The number of methoxy groups -OCH3 is 2. The fraction of sp³-hybridized carbons (Fsp3) is 0.588. The van der Waals surface area contributed by atoms with Crippen LogP contribution in [0.4, 0.5) is 0 Å². The zero-order valence-corrected chi connectivity index (χ0v) is 15.8. The average molecular weight is 370 g/mol. The van der Waals surface area contributed by atoms with Crippen molar-refractivity contribution in [3.8, 4) is 5.75 Å². The van der Waals surface area contributed by atoms with E-state index in [0.717, 1.165) is 32.4 Å². The van der Waals surface area contributed by atoms with E-state index in [1.807, 2.05) is 6.92 Å². The number of sulfonamides is 1. The average Bonchev–Trinajstić information content (AvgIpc) is 2.65. The lowest BCUT2D eigenvalue weighted by Crippen LogP contribution is -2.46. The summed E-state index contributed by atoms with van der Waals surface area (Å²) in [6.07, 6.45) is 2.28. The molecule has 8 heteroatoms. The number of hydrogen-bond acceptors (Lipinski definition) is 6. The molecule has 1 aliphatic heterocycles. The number of benzene rings is 1. The molecular formula is C17H26N2O5S. The minimum absolute atomic E-state index is 0.0325. The van der Waals surface area contributed by atoms with Gasteiger partial charge in [0.05, 0.1) is 19.1 Å². The van der Waals surface area contributed by atoms with Crippen molar-refractivity contribution in [2.75, 3.05) is 33.9 Å². The summed E-state index contributed by atoms with van der Waals surface area (Å²) in [7, 11) is -1.03. The number of nitrogens with one attached hydrogen (secondary N) is 1. The lowest BCUT2D eigenvalue weighted by molar-refractivity contribution is 0.0597. The fourth-order valence-electron chi connectivity index (χ4n) is 3.07. The van der Waals surface area contributed by atoms with E-state index in [0.29, 0.717) is 6.54 Å². The van der Waals surface area contributed by atoms with Crippen LogP contribution in [0.3, 0.4) is 0 Å². The number of carbonyl (C=O) groups is 1. The molecule has 1 heterocycles. The Kier molecular flexibility index (Phi) is 6.80. The predicted molar refractivity (Wildman–Crippen MR) is 94.4 cm³/mol. The molecular weight excluding hydrogens is 344 g/mol. The summed E-state index contributed by atoms with van der Waals surface area (Å²) < 4.78 is 37.8. The third kappa shape index (κ3) is 4.31. The minimum atomic E-state index is -3.71. The molecule has 1 fully saturated rings. The van der Waals surface area contributed by atoms with Crippen molar-refractivity contribution < 1.29 is 22.7 Å². The van der Waals surface area contributed by atoms with Gasteiger partial charge in [-0.3, -0.25) is 0 Å². The second-order valence-corrected chi connectivity index (χ2v) is 7.84. The standard InChI is InChI=1S/C17H26N2O5S/c1-4-11-19(13-7-9-18-10-8-13)25(21,22)14-5-6-16(23-2)15(12-14)17(20)24-3/h5-6,12-13,18H,4,7-11H2,1-3H3. The number of ether oxygens (including phenoxy) is 2. The van der Waals surface area contributed by atoms with Crippen LogP contribution in [0.5, 0.6) is 5.75 Å². The van der Waals surface area contributed by atoms with Crippen molar-refractivity contribution in [3.05, 3.63) is 23.8 Å². The van der Waals surface area contributed by atoms with E-state index in [4.69, 9.17) is 9.47 Å². The maximum Gasteiger partial charge on any atom is 0.341 e. The number of carbonyl (C=O) groups excluding carboxylic acids is 1. The van der Waals surface area contributed by atoms with E-state index in [1.54, 1.807) is 4.31 Å². The molecule has 1 aromatic carbocycles. The van der Waals surface area contributed by atoms with Crippen molar-refractivity contribution in [2.45, 2.75) is 37.1 Å². The van der Waals surface area contributed by atoms with E-state index in [-0.39, 0.29) is 22.3 Å². The zero-order chi connectivity index (χ0) is 18.4. The Morgan fingerprint density at radius 2 is 1.96 bits per heavy atom. The summed E-state index contributed by atoms with van der Waals surface area (Å²) in [6.45, 7) is 4.01. The first kappa shape index (κ1) is 19.7. The Morgan fingerprint density at radius 3 is 2.52 bits per heavy atom. The molecule has 2 rings (SSSR count). The van der Waals surface area contributed by atoms with Crippen LogP contribution >= 0.6 is 0 Å². The zero-order valence-electron chi connectivity index (χ0n) is 14.9. The van der Waals surface area contributed by atoms with Crippen molar-refractivity contribution in [2.24, 2.45) is 0 Å². The topological polar surface area (TPSA) is 84.9 Å². The molecule has 1 aliphatic rings. The third-order valence-electron chi connectivity index (χ3n) is 4.34. The van der Waals surface area contributed by atoms with Crippen LogP contribution in [0.15, 0.2) is 23.1 Å². The lowest BCUT2D eigenvalue weighted by Gasteiger charge is -2.33. The monoisotopic (exact) mass is 370 g/mol. The maximum absolute atomic E-state index is 13.2. The summed E-state index contributed by atoms with van der Waals surface area (Å²) in [4.78, 5) is 12.0. The van der Waals surface area contributed by atoms with Gasteiger partial charge in [0.25, 0.3) is 0 Å². The second kappa shape index (κ2) is 8.64. The van der Waals surface area contributed by atoms with E-state index < -0.39 is 16.0 Å². The number of nitrogens with zero attached hydrogens (tertiary/aromatic N) is 1. The van der Waals surface area contributed by atoms with Gasteiger partial charge in [-0.15, -0.1) is 0 Å². The Balaban J connectivity index is 2.43. The number of rotatable bonds is 7. The lowest BCUT2D eigenvalue weighted by atomic mass is 10.1. The van der Waals surface area contributed by atoms with Crippen LogP contribution in [-0.4, -0.2) is 58.6 Å². The Bertz CT molecular complexity index is 699. The second-order valence-electron chi connectivity index (χ2n) is 5.95. The summed E-state index contributed by atoms with van der Waals surface area (Å²) in [6, 6.07) is 4.27. The molecule has 140 valence electrons. The van der Waals surface area contributed by atoms with Gasteiger partial charge in [0.2, 0.25) is 10.0 Å². The minimum Gasteiger partial charge on any atom is -0.496 e. The largest absolute Gasteiger partial charge is 0.496 e. The van der Waals surface area contributed by atoms with Crippen LogP contribution in [-0.2, 0) is 14.8 Å². The Morgan fingerprint density at radius 1 is 1.28 bits per heavy atom. The number of esters is 1. The van der Waals surface area contributed by atoms with E-state index in [1.165, 1.54) is 32.4 Å². The molecule has 0 radical (unpaired) electrons. The highest BCUT2D eigenvalue weighted by molar-refractivity contribution is 7.89. The molecule has 0 amide bonds. The molecule has 0 unspecified atom stereocenters. The van der Waals surface area contributed by atoms with Crippen LogP contribution < -0.4 is 10.1 Å². The molecule has 0 saturated carbocycles. The molecule has 0 atom stereocenters. The summed E-state index contributed by atoms with van der Waals surface area (Å²) in [5.41, 5.74) is 0.104. The Labute approximate surface area is 149 Å². The van der Waals surface area contributed by atoms with Gasteiger partial charge in [0, 0.05) is 12.6 Å². The molecule has 1 saturated heterocycles. The van der Waals surface area contributed by atoms with Gasteiger partial charge >= 0.3 is 5.97 Å². The van der Waals surface area contributed by atoms with E-state index in [9.17, 15) is 13.2 Å². The molecule has 7 nitrogen and oxygen atoms in total.